The van der Waals surface area contributed by atoms with Crippen molar-refractivity contribution >= 4 is 55.6 Å². The molecule has 0 spiro atoms. The van der Waals surface area contributed by atoms with Crippen molar-refractivity contribution in [3.05, 3.63) is 35.4 Å². The van der Waals surface area contributed by atoms with Gasteiger partial charge in [0, 0.05) is 6.42 Å². The van der Waals surface area contributed by atoms with Crippen molar-refractivity contribution in [3.8, 4) is 0 Å². The zero-order valence-electron chi connectivity index (χ0n) is 34.2. The van der Waals surface area contributed by atoms with Crippen molar-refractivity contribution < 1.29 is 31.8 Å². The first-order valence-electron chi connectivity index (χ1n) is 20.1. The second-order valence-electron chi connectivity index (χ2n) is 13.4. The van der Waals surface area contributed by atoms with Crippen LogP contribution in [0.25, 0.3) is 0 Å². The molecular formula is C42H76CaO6. The van der Waals surface area contributed by atoms with Crippen molar-refractivity contribution in [1.29, 1.82) is 0 Å². The third-order valence-electron chi connectivity index (χ3n) is 8.82. The molecule has 0 radical (unpaired) electrons. The summed E-state index contributed by atoms with van der Waals surface area (Å²) in [6.45, 7) is 7.44. The Labute approximate surface area is 334 Å². The SMILES string of the molecule is CCCCCCCCCCCCCCCCCC(=O)O.CCCCCCCCOC(=O)c1ccccc1C(=O)OCCCCCCCC.[Ca+2].[H-].[H-]. The number of ether oxygens (including phenoxy) is 2. The summed E-state index contributed by atoms with van der Waals surface area (Å²) in [6.07, 6.45) is 33.8. The number of carboxylic acids is 1. The van der Waals surface area contributed by atoms with E-state index in [0.717, 1.165) is 38.5 Å². The zero-order chi connectivity index (χ0) is 35.3. The second kappa shape index (κ2) is 39.7. The van der Waals surface area contributed by atoms with Crippen LogP contribution in [0.1, 0.15) is 224 Å². The van der Waals surface area contributed by atoms with Crippen LogP contribution < -0.4 is 0 Å². The standard InChI is InChI=1S/C24H38O4.C18H36O2.Ca.2H/c1-3-5-7-9-11-15-19-27-23(25)21-17-13-14-18-22(21)24(26)28-20-16-12-10-8-6-4-2;1-2-3-4-5-6-7-8-9-10-11-12-13-14-15-16-17-18(19)20;;;/h13-14,17-18H,3-12,15-16,19-20H2,1-2H3;2-17H2,1H3,(H,19,20);;;/q;;+2;2*-1. The van der Waals surface area contributed by atoms with Crippen molar-refractivity contribution in [3.63, 3.8) is 0 Å². The smallest absolute Gasteiger partial charge is 1.00 e. The number of carbonyl (C=O) groups excluding carboxylic acids is 2. The van der Waals surface area contributed by atoms with Crippen LogP contribution >= 0.6 is 0 Å². The van der Waals surface area contributed by atoms with Crippen LogP contribution in [0.15, 0.2) is 24.3 Å². The molecule has 49 heavy (non-hydrogen) atoms. The van der Waals surface area contributed by atoms with Crippen molar-refractivity contribution in [2.75, 3.05) is 13.2 Å². The van der Waals surface area contributed by atoms with Gasteiger partial charge in [-0.15, -0.1) is 0 Å². The van der Waals surface area contributed by atoms with Gasteiger partial charge in [-0.3, -0.25) is 4.79 Å². The van der Waals surface area contributed by atoms with Gasteiger partial charge < -0.3 is 17.4 Å². The predicted molar refractivity (Wildman–Crippen MR) is 209 cm³/mol. The largest absolute Gasteiger partial charge is 2.00 e. The molecule has 0 fully saturated rings. The molecule has 0 heterocycles. The van der Waals surface area contributed by atoms with Crippen LogP contribution in [-0.4, -0.2) is 74.0 Å². The van der Waals surface area contributed by atoms with Gasteiger partial charge in [-0.1, -0.05) is 187 Å². The maximum atomic E-state index is 12.4. The average molecular weight is 717 g/mol. The number of aliphatic carboxylic acids is 1. The van der Waals surface area contributed by atoms with Gasteiger partial charge in [0.2, 0.25) is 0 Å². The molecule has 0 unspecified atom stereocenters. The Morgan fingerprint density at radius 3 is 1.02 bits per heavy atom. The number of unbranched alkanes of at least 4 members (excludes halogenated alkanes) is 24. The van der Waals surface area contributed by atoms with Crippen molar-refractivity contribution in [2.24, 2.45) is 0 Å². The molecule has 6 nitrogen and oxygen atoms in total. The monoisotopic (exact) mass is 717 g/mol. The van der Waals surface area contributed by atoms with Gasteiger partial charge in [0.25, 0.3) is 0 Å². The van der Waals surface area contributed by atoms with E-state index < -0.39 is 17.9 Å². The van der Waals surface area contributed by atoms with Crippen LogP contribution in [0.5, 0.6) is 0 Å². The number of hydrogen-bond acceptors (Lipinski definition) is 5. The predicted octanol–water partition coefficient (Wildman–Crippen LogP) is 12.9. The average Bonchev–Trinajstić information content (AvgIpc) is 3.09. The van der Waals surface area contributed by atoms with E-state index in [9.17, 15) is 14.4 Å². The topological polar surface area (TPSA) is 89.9 Å². The second-order valence-corrected chi connectivity index (χ2v) is 13.4. The molecule has 7 heteroatoms. The molecule has 0 aliphatic rings. The first-order chi connectivity index (χ1) is 23.5. The van der Waals surface area contributed by atoms with E-state index in [1.807, 2.05) is 0 Å². The van der Waals surface area contributed by atoms with Crippen LogP contribution in [-0.2, 0) is 14.3 Å². The molecular weight excluding hydrogens is 641 g/mol. The molecule has 282 valence electrons. The summed E-state index contributed by atoms with van der Waals surface area (Å²) in [6, 6.07) is 6.74. The number of benzene rings is 1. The van der Waals surface area contributed by atoms with Gasteiger partial charge in [-0.05, 0) is 31.4 Å². The van der Waals surface area contributed by atoms with Gasteiger partial charge in [0.05, 0.1) is 24.3 Å². The van der Waals surface area contributed by atoms with Gasteiger partial charge in [-0.25, -0.2) is 9.59 Å². The van der Waals surface area contributed by atoms with E-state index >= 15 is 0 Å². The Kier molecular flexibility index (Phi) is 40.5. The molecule has 0 saturated heterocycles. The zero-order valence-corrected chi connectivity index (χ0v) is 34.4. The Hall–Kier alpha value is -1.11. The summed E-state index contributed by atoms with van der Waals surface area (Å²) in [5.41, 5.74) is 0.586. The van der Waals surface area contributed by atoms with E-state index in [1.165, 1.54) is 135 Å². The minimum atomic E-state index is -0.653. The molecule has 1 rings (SSSR count). The number of carboxylic acid groups (broad SMARTS) is 1. The minimum Gasteiger partial charge on any atom is -1.00 e. The Bertz CT molecular complexity index is 853. The first kappa shape index (κ1) is 50.0. The van der Waals surface area contributed by atoms with E-state index in [0.29, 0.717) is 30.8 Å². The normalized spacial score (nSPS) is 10.5. The molecule has 0 aromatic heterocycles. The summed E-state index contributed by atoms with van der Waals surface area (Å²) in [5, 5.41) is 8.52. The third kappa shape index (κ3) is 33.8. The van der Waals surface area contributed by atoms with E-state index in [2.05, 4.69) is 20.8 Å². The fourth-order valence-electron chi connectivity index (χ4n) is 5.74. The summed E-state index contributed by atoms with van der Waals surface area (Å²) in [7, 11) is 0. The van der Waals surface area contributed by atoms with E-state index in [1.54, 1.807) is 24.3 Å². The number of hydrogen-bond donors (Lipinski definition) is 1. The quantitative estimate of drug-likeness (QED) is 0.0453. The Balaban J connectivity index is -0.000000430. The molecule has 0 aliphatic carbocycles. The molecule has 1 aromatic rings. The first-order valence-corrected chi connectivity index (χ1v) is 20.1. The number of esters is 2. The van der Waals surface area contributed by atoms with Crippen LogP contribution in [0.4, 0.5) is 0 Å². The van der Waals surface area contributed by atoms with Gasteiger partial charge in [0.15, 0.2) is 0 Å². The van der Waals surface area contributed by atoms with Gasteiger partial charge >= 0.3 is 55.6 Å². The third-order valence-corrected chi connectivity index (χ3v) is 8.82. The maximum Gasteiger partial charge on any atom is 2.00 e. The van der Waals surface area contributed by atoms with Crippen molar-refractivity contribution in [2.45, 2.75) is 201 Å². The number of carbonyl (C=O) groups is 3. The minimum absolute atomic E-state index is 0. The Morgan fingerprint density at radius 1 is 0.469 bits per heavy atom. The molecule has 1 aromatic carbocycles. The summed E-state index contributed by atoms with van der Waals surface area (Å²) in [4.78, 5) is 35.0. The molecule has 0 amide bonds. The van der Waals surface area contributed by atoms with Crippen LogP contribution in [0, 0.1) is 0 Å². The molecule has 0 bridgehead atoms. The van der Waals surface area contributed by atoms with E-state index in [-0.39, 0.29) is 40.6 Å². The maximum absolute atomic E-state index is 12.4. The van der Waals surface area contributed by atoms with Crippen LogP contribution in [0.3, 0.4) is 0 Å². The van der Waals surface area contributed by atoms with Crippen LogP contribution in [0.2, 0.25) is 0 Å². The van der Waals surface area contributed by atoms with Gasteiger partial charge in [-0.2, -0.15) is 0 Å². The molecule has 0 saturated carbocycles. The van der Waals surface area contributed by atoms with E-state index in [4.69, 9.17) is 14.6 Å². The summed E-state index contributed by atoms with van der Waals surface area (Å²) < 4.78 is 10.7. The van der Waals surface area contributed by atoms with Gasteiger partial charge in [0.1, 0.15) is 0 Å². The fourth-order valence-corrected chi connectivity index (χ4v) is 5.74. The molecule has 0 atom stereocenters. The molecule has 0 aliphatic heterocycles. The summed E-state index contributed by atoms with van der Waals surface area (Å²) in [5.74, 6) is -1.54. The molecule has 1 N–H and O–H groups in total. The summed E-state index contributed by atoms with van der Waals surface area (Å²) >= 11 is 0. The number of rotatable bonds is 32. The Morgan fingerprint density at radius 2 is 0.735 bits per heavy atom. The van der Waals surface area contributed by atoms with Crippen molar-refractivity contribution in [1.82, 2.24) is 0 Å². The fraction of sp³-hybridized carbons (Fsp3) is 0.786.